The quantitative estimate of drug-likeness (QED) is 0.436. The van der Waals surface area contributed by atoms with Crippen LogP contribution in [0.25, 0.3) is 22.8 Å². The standard InChI is InChI=1S/C21H24FN5OS/c1-29-21-23-8-7-18(25-21)19-15-24-20(16-3-5-17(22)6-4-16)27(19)10-2-9-26-11-13-28-14-12-26/h3-8,15H,2,9-14H2,1H3. The van der Waals surface area contributed by atoms with Crippen molar-refractivity contribution in [3.8, 4) is 22.8 Å². The molecule has 6 nitrogen and oxygen atoms in total. The van der Waals surface area contributed by atoms with Gasteiger partial charge < -0.3 is 9.30 Å². The fourth-order valence-corrected chi connectivity index (χ4v) is 3.85. The van der Waals surface area contributed by atoms with Gasteiger partial charge in [-0.05, 0) is 43.0 Å². The van der Waals surface area contributed by atoms with Crippen molar-refractivity contribution >= 4 is 11.8 Å². The number of hydrogen-bond acceptors (Lipinski definition) is 6. The van der Waals surface area contributed by atoms with Crippen molar-refractivity contribution in [2.75, 3.05) is 39.1 Å². The van der Waals surface area contributed by atoms with E-state index in [1.54, 1.807) is 18.3 Å². The number of benzene rings is 1. The average molecular weight is 414 g/mol. The Labute approximate surface area is 174 Å². The molecule has 152 valence electrons. The van der Waals surface area contributed by atoms with Gasteiger partial charge in [0, 0.05) is 37.9 Å². The van der Waals surface area contributed by atoms with E-state index in [0.29, 0.717) is 0 Å². The van der Waals surface area contributed by atoms with E-state index in [1.165, 1.54) is 23.9 Å². The monoisotopic (exact) mass is 413 g/mol. The lowest BCUT2D eigenvalue weighted by molar-refractivity contribution is 0.0369. The maximum Gasteiger partial charge on any atom is 0.187 e. The fourth-order valence-electron chi connectivity index (χ4n) is 3.49. The number of halogens is 1. The number of nitrogens with zero attached hydrogens (tertiary/aromatic N) is 5. The zero-order valence-electron chi connectivity index (χ0n) is 16.4. The van der Waals surface area contributed by atoms with Gasteiger partial charge in [-0.25, -0.2) is 19.3 Å². The molecule has 1 aliphatic rings. The lowest BCUT2D eigenvalue weighted by Gasteiger charge is -2.26. The van der Waals surface area contributed by atoms with Crippen molar-refractivity contribution in [1.82, 2.24) is 24.4 Å². The molecule has 0 atom stereocenters. The Bertz CT molecular complexity index is 940. The summed E-state index contributed by atoms with van der Waals surface area (Å²) in [6.45, 7) is 5.36. The molecule has 0 saturated carbocycles. The topological polar surface area (TPSA) is 56.1 Å². The van der Waals surface area contributed by atoms with Gasteiger partial charge in [-0.15, -0.1) is 0 Å². The normalized spacial score (nSPS) is 15.0. The molecule has 0 N–H and O–H groups in total. The molecule has 2 aromatic heterocycles. The van der Waals surface area contributed by atoms with Crippen LogP contribution < -0.4 is 0 Å². The van der Waals surface area contributed by atoms with E-state index in [0.717, 1.165) is 73.7 Å². The predicted octanol–water partition coefficient (Wildman–Crippen LogP) is 3.59. The minimum Gasteiger partial charge on any atom is -0.379 e. The Morgan fingerprint density at radius 2 is 1.86 bits per heavy atom. The van der Waals surface area contributed by atoms with E-state index in [4.69, 9.17) is 4.74 Å². The highest BCUT2D eigenvalue weighted by Crippen LogP contribution is 2.27. The SMILES string of the molecule is CSc1nccc(-c2cnc(-c3ccc(F)cc3)n2CCCN2CCOCC2)n1. The molecule has 8 heteroatoms. The van der Waals surface area contributed by atoms with Crippen LogP contribution in [0.15, 0.2) is 47.9 Å². The number of hydrogen-bond donors (Lipinski definition) is 0. The van der Waals surface area contributed by atoms with E-state index in [-0.39, 0.29) is 5.82 Å². The third-order valence-electron chi connectivity index (χ3n) is 5.00. The Morgan fingerprint density at radius 3 is 2.62 bits per heavy atom. The second-order valence-corrected chi connectivity index (χ2v) is 7.64. The largest absolute Gasteiger partial charge is 0.379 e. The van der Waals surface area contributed by atoms with Crippen molar-refractivity contribution in [2.24, 2.45) is 0 Å². The number of aromatic nitrogens is 4. The van der Waals surface area contributed by atoms with Crippen molar-refractivity contribution < 1.29 is 9.13 Å². The average Bonchev–Trinajstić information content (AvgIpc) is 3.19. The number of morpholine rings is 1. The summed E-state index contributed by atoms with van der Waals surface area (Å²) in [5.74, 6) is 0.575. The van der Waals surface area contributed by atoms with Crippen LogP contribution in [0.3, 0.4) is 0 Å². The van der Waals surface area contributed by atoms with Gasteiger partial charge in [-0.3, -0.25) is 4.90 Å². The van der Waals surface area contributed by atoms with Crippen molar-refractivity contribution in [3.63, 3.8) is 0 Å². The van der Waals surface area contributed by atoms with Gasteiger partial charge in [0.25, 0.3) is 0 Å². The smallest absolute Gasteiger partial charge is 0.187 e. The fraction of sp³-hybridized carbons (Fsp3) is 0.381. The number of rotatable bonds is 7. The highest BCUT2D eigenvalue weighted by Gasteiger charge is 2.16. The minimum atomic E-state index is -0.250. The molecule has 0 unspecified atom stereocenters. The van der Waals surface area contributed by atoms with Gasteiger partial charge in [0.2, 0.25) is 0 Å². The molecule has 1 fully saturated rings. The van der Waals surface area contributed by atoms with Crippen LogP contribution in [0, 0.1) is 5.82 Å². The summed E-state index contributed by atoms with van der Waals surface area (Å²) in [6.07, 6.45) is 6.57. The van der Waals surface area contributed by atoms with Gasteiger partial charge >= 0.3 is 0 Å². The Balaban J connectivity index is 1.62. The van der Waals surface area contributed by atoms with Gasteiger partial charge in [-0.1, -0.05) is 11.8 Å². The van der Waals surface area contributed by atoms with E-state index in [1.807, 2.05) is 18.5 Å². The zero-order chi connectivity index (χ0) is 20.1. The van der Waals surface area contributed by atoms with Crippen molar-refractivity contribution in [3.05, 3.63) is 48.5 Å². The second kappa shape index (κ2) is 9.47. The lowest BCUT2D eigenvalue weighted by Crippen LogP contribution is -2.37. The zero-order valence-corrected chi connectivity index (χ0v) is 17.2. The van der Waals surface area contributed by atoms with Crippen molar-refractivity contribution in [2.45, 2.75) is 18.1 Å². The molecule has 1 aliphatic heterocycles. The third-order valence-corrected chi connectivity index (χ3v) is 5.56. The Morgan fingerprint density at radius 1 is 1.07 bits per heavy atom. The van der Waals surface area contributed by atoms with Gasteiger partial charge in [0.05, 0.1) is 30.8 Å². The number of imidazole rings is 1. The molecule has 29 heavy (non-hydrogen) atoms. The molecule has 4 rings (SSSR count). The molecule has 1 aromatic carbocycles. The van der Waals surface area contributed by atoms with Crippen LogP contribution in [0.5, 0.6) is 0 Å². The van der Waals surface area contributed by atoms with E-state index in [9.17, 15) is 4.39 Å². The molecular weight excluding hydrogens is 389 g/mol. The summed E-state index contributed by atoms with van der Waals surface area (Å²) in [7, 11) is 0. The van der Waals surface area contributed by atoms with Gasteiger partial charge in [0.1, 0.15) is 11.6 Å². The van der Waals surface area contributed by atoms with Crippen LogP contribution >= 0.6 is 11.8 Å². The predicted molar refractivity (Wildman–Crippen MR) is 112 cm³/mol. The summed E-state index contributed by atoms with van der Waals surface area (Å²) in [5, 5.41) is 0.729. The molecule has 3 aromatic rings. The highest BCUT2D eigenvalue weighted by atomic mass is 32.2. The molecule has 0 aliphatic carbocycles. The first-order valence-electron chi connectivity index (χ1n) is 9.73. The summed E-state index contributed by atoms with van der Waals surface area (Å²) in [4.78, 5) is 16.0. The third kappa shape index (κ3) is 4.83. The molecule has 0 spiro atoms. The molecule has 0 amide bonds. The lowest BCUT2D eigenvalue weighted by atomic mass is 10.2. The van der Waals surface area contributed by atoms with Crippen LogP contribution in [-0.4, -0.2) is 63.5 Å². The van der Waals surface area contributed by atoms with E-state index in [2.05, 4.69) is 24.4 Å². The minimum absolute atomic E-state index is 0.250. The first-order valence-corrected chi connectivity index (χ1v) is 11.0. The molecule has 1 saturated heterocycles. The summed E-state index contributed by atoms with van der Waals surface area (Å²) in [6, 6.07) is 8.39. The molecule has 3 heterocycles. The van der Waals surface area contributed by atoms with Gasteiger partial charge in [0.15, 0.2) is 5.16 Å². The summed E-state index contributed by atoms with van der Waals surface area (Å²) >= 11 is 1.51. The highest BCUT2D eigenvalue weighted by molar-refractivity contribution is 7.98. The van der Waals surface area contributed by atoms with Gasteiger partial charge in [-0.2, -0.15) is 0 Å². The second-order valence-electron chi connectivity index (χ2n) is 6.86. The first-order chi connectivity index (χ1) is 14.2. The summed E-state index contributed by atoms with van der Waals surface area (Å²) < 4.78 is 21.0. The number of ether oxygens (including phenoxy) is 1. The van der Waals surface area contributed by atoms with E-state index >= 15 is 0 Å². The summed E-state index contributed by atoms with van der Waals surface area (Å²) in [5.41, 5.74) is 2.68. The van der Waals surface area contributed by atoms with Crippen molar-refractivity contribution in [1.29, 1.82) is 0 Å². The van der Waals surface area contributed by atoms with Crippen LogP contribution in [0.4, 0.5) is 4.39 Å². The van der Waals surface area contributed by atoms with E-state index < -0.39 is 0 Å². The molecule has 0 bridgehead atoms. The Hall–Kier alpha value is -2.29. The Kier molecular flexibility index (Phi) is 6.53. The maximum absolute atomic E-state index is 13.4. The van der Waals surface area contributed by atoms with Crippen LogP contribution in [0.1, 0.15) is 6.42 Å². The van der Waals surface area contributed by atoms with Crippen LogP contribution in [0.2, 0.25) is 0 Å². The first kappa shape index (κ1) is 20.0. The molecule has 0 radical (unpaired) electrons. The number of thioether (sulfide) groups is 1. The van der Waals surface area contributed by atoms with Crippen LogP contribution in [-0.2, 0) is 11.3 Å². The maximum atomic E-state index is 13.4. The molecular formula is C21H24FN5OS.